The van der Waals surface area contributed by atoms with Crippen LogP contribution in [0.1, 0.15) is 40.4 Å². The van der Waals surface area contributed by atoms with Crippen LogP contribution in [-0.4, -0.2) is 48.0 Å². The molecule has 37 heavy (non-hydrogen) atoms. The first-order chi connectivity index (χ1) is 18.0. The third-order valence-corrected chi connectivity index (χ3v) is 7.23. The molecule has 2 fully saturated rings. The van der Waals surface area contributed by atoms with E-state index < -0.39 is 0 Å². The lowest BCUT2D eigenvalue weighted by molar-refractivity contribution is 0.0952. The lowest BCUT2D eigenvalue weighted by atomic mass is 9.96. The van der Waals surface area contributed by atoms with Crippen molar-refractivity contribution in [3.05, 3.63) is 107 Å². The van der Waals surface area contributed by atoms with Gasteiger partial charge in [-0.1, -0.05) is 42.5 Å². The number of halogens is 2. The van der Waals surface area contributed by atoms with Crippen molar-refractivity contribution in [2.45, 2.75) is 24.9 Å². The van der Waals surface area contributed by atoms with Gasteiger partial charge in [0.1, 0.15) is 17.5 Å². The van der Waals surface area contributed by atoms with Crippen LogP contribution in [0.25, 0.3) is 10.9 Å². The Morgan fingerprint density at radius 2 is 1.43 bits per heavy atom. The molecule has 1 saturated carbocycles. The molecule has 2 heterocycles. The highest BCUT2D eigenvalue weighted by atomic mass is 19.1. The molecule has 1 amide bonds. The minimum absolute atomic E-state index is 0.0475. The van der Waals surface area contributed by atoms with E-state index >= 15 is 0 Å². The number of anilines is 1. The number of carbonyl (C=O) groups excluding carboxylic acids is 1. The van der Waals surface area contributed by atoms with Crippen molar-refractivity contribution in [2.24, 2.45) is 0 Å². The lowest BCUT2D eigenvalue weighted by Gasteiger charge is -2.40. The van der Waals surface area contributed by atoms with Gasteiger partial charge >= 0.3 is 0 Å². The second-order valence-corrected chi connectivity index (χ2v) is 9.82. The van der Waals surface area contributed by atoms with Crippen molar-refractivity contribution in [1.82, 2.24) is 15.2 Å². The molecule has 4 aromatic rings. The number of amides is 1. The molecule has 1 N–H and O–H groups in total. The predicted molar refractivity (Wildman–Crippen MR) is 141 cm³/mol. The molecule has 1 aliphatic heterocycles. The van der Waals surface area contributed by atoms with Crippen LogP contribution >= 0.6 is 0 Å². The van der Waals surface area contributed by atoms with Crippen LogP contribution < -0.4 is 10.2 Å². The highest BCUT2D eigenvalue weighted by molar-refractivity contribution is 6.07. The van der Waals surface area contributed by atoms with E-state index in [2.05, 4.69) is 15.1 Å². The number of carbonyl (C=O) groups is 1. The Bertz CT molecular complexity index is 1370. The van der Waals surface area contributed by atoms with Crippen LogP contribution in [-0.2, 0) is 0 Å². The van der Waals surface area contributed by atoms with E-state index in [0.29, 0.717) is 18.7 Å². The standard InChI is InChI=1S/C30H28F2N4O/c31-22-9-5-20(6-10-22)29(21-7-11-23(32)12-8-21)36-17-15-35(16-18-36)28-19-26(30(37)33-24-13-14-24)25-3-1-2-4-27(25)34-28/h1-12,19,24,29H,13-18H2,(H,33,37). The predicted octanol–water partition coefficient (Wildman–Crippen LogP) is 5.32. The van der Waals surface area contributed by atoms with Crippen LogP contribution in [0.5, 0.6) is 0 Å². The quantitative estimate of drug-likeness (QED) is 0.391. The molecule has 1 saturated heterocycles. The molecule has 5 nitrogen and oxygen atoms in total. The molecular weight excluding hydrogens is 470 g/mol. The maximum absolute atomic E-state index is 13.7. The Kier molecular flexibility index (Phi) is 6.30. The van der Waals surface area contributed by atoms with Crippen molar-refractivity contribution < 1.29 is 13.6 Å². The molecule has 1 aromatic heterocycles. The first-order valence-electron chi connectivity index (χ1n) is 12.8. The number of nitrogens with zero attached hydrogens (tertiary/aromatic N) is 3. The molecule has 0 radical (unpaired) electrons. The highest BCUT2D eigenvalue weighted by Gasteiger charge is 2.29. The molecule has 0 spiro atoms. The fourth-order valence-electron chi connectivity index (χ4n) is 5.12. The molecular formula is C30H28F2N4O. The minimum Gasteiger partial charge on any atom is -0.354 e. The van der Waals surface area contributed by atoms with Gasteiger partial charge in [-0.05, 0) is 60.4 Å². The Hall–Kier alpha value is -3.84. The first-order valence-corrected chi connectivity index (χ1v) is 12.8. The van der Waals surface area contributed by atoms with E-state index in [1.807, 2.05) is 30.3 Å². The summed E-state index contributed by atoms with van der Waals surface area (Å²) in [5.74, 6) is 0.179. The van der Waals surface area contributed by atoms with Gasteiger partial charge in [-0.2, -0.15) is 0 Å². The second kappa shape index (κ2) is 9.90. The highest BCUT2D eigenvalue weighted by Crippen LogP contribution is 2.32. The number of benzene rings is 3. The number of hydrogen-bond donors (Lipinski definition) is 1. The van der Waals surface area contributed by atoms with Gasteiger partial charge in [-0.15, -0.1) is 0 Å². The third-order valence-electron chi connectivity index (χ3n) is 7.23. The molecule has 1 aliphatic carbocycles. The molecule has 7 heteroatoms. The number of aromatic nitrogens is 1. The van der Waals surface area contributed by atoms with Crippen LogP contribution in [0.4, 0.5) is 14.6 Å². The van der Waals surface area contributed by atoms with Crippen molar-refractivity contribution in [1.29, 1.82) is 0 Å². The van der Waals surface area contributed by atoms with E-state index in [1.54, 1.807) is 24.3 Å². The average Bonchev–Trinajstić information content (AvgIpc) is 3.75. The van der Waals surface area contributed by atoms with Gasteiger partial charge in [-0.25, -0.2) is 13.8 Å². The Balaban J connectivity index is 1.26. The third kappa shape index (κ3) is 5.04. The molecule has 2 aliphatic rings. The molecule has 3 aromatic carbocycles. The summed E-state index contributed by atoms with van der Waals surface area (Å²) in [5, 5.41) is 3.97. The summed E-state index contributed by atoms with van der Waals surface area (Å²) in [7, 11) is 0. The summed E-state index contributed by atoms with van der Waals surface area (Å²) in [5.41, 5.74) is 3.39. The van der Waals surface area contributed by atoms with Crippen molar-refractivity contribution in [2.75, 3.05) is 31.1 Å². The zero-order chi connectivity index (χ0) is 25.4. The summed E-state index contributed by atoms with van der Waals surface area (Å²) < 4.78 is 27.3. The topological polar surface area (TPSA) is 48.5 Å². The summed E-state index contributed by atoms with van der Waals surface area (Å²) >= 11 is 0. The maximum Gasteiger partial charge on any atom is 0.252 e. The Morgan fingerprint density at radius 3 is 2.03 bits per heavy atom. The SMILES string of the molecule is O=C(NC1CC1)c1cc(N2CCN(C(c3ccc(F)cc3)c3ccc(F)cc3)CC2)nc2ccccc12. The van der Waals surface area contributed by atoms with Gasteiger partial charge < -0.3 is 10.2 Å². The van der Waals surface area contributed by atoms with Gasteiger partial charge in [0.15, 0.2) is 0 Å². The summed E-state index contributed by atoms with van der Waals surface area (Å²) in [4.78, 5) is 22.5. The zero-order valence-electron chi connectivity index (χ0n) is 20.4. The van der Waals surface area contributed by atoms with E-state index in [1.165, 1.54) is 24.3 Å². The normalized spacial score (nSPS) is 16.4. The summed E-state index contributed by atoms with van der Waals surface area (Å²) in [6.07, 6.45) is 2.07. The van der Waals surface area contributed by atoms with Crippen LogP contribution in [0.2, 0.25) is 0 Å². The van der Waals surface area contributed by atoms with E-state index in [0.717, 1.165) is 53.8 Å². The van der Waals surface area contributed by atoms with Crippen molar-refractivity contribution >= 4 is 22.6 Å². The fraction of sp³-hybridized carbons (Fsp3) is 0.267. The smallest absolute Gasteiger partial charge is 0.252 e. The van der Waals surface area contributed by atoms with Gasteiger partial charge in [0.2, 0.25) is 0 Å². The van der Waals surface area contributed by atoms with Gasteiger partial charge in [0.25, 0.3) is 5.91 Å². The van der Waals surface area contributed by atoms with Crippen LogP contribution in [0, 0.1) is 11.6 Å². The first kappa shape index (κ1) is 23.6. The molecule has 0 unspecified atom stereocenters. The van der Waals surface area contributed by atoms with Crippen LogP contribution in [0.3, 0.4) is 0 Å². The summed E-state index contributed by atoms with van der Waals surface area (Å²) in [6.45, 7) is 2.90. The van der Waals surface area contributed by atoms with Gasteiger partial charge in [-0.3, -0.25) is 9.69 Å². The van der Waals surface area contributed by atoms with Gasteiger partial charge in [0, 0.05) is 37.6 Å². The molecule has 0 bridgehead atoms. The lowest BCUT2D eigenvalue weighted by Crippen LogP contribution is -2.48. The number of para-hydroxylation sites is 1. The fourth-order valence-corrected chi connectivity index (χ4v) is 5.12. The number of fused-ring (bicyclic) bond motifs is 1. The minimum atomic E-state index is -0.282. The van der Waals surface area contributed by atoms with Crippen molar-refractivity contribution in [3.63, 3.8) is 0 Å². The van der Waals surface area contributed by atoms with Crippen LogP contribution in [0.15, 0.2) is 78.9 Å². The van der Waals surface area contributed by atoms with E-state index in [9.17, 15) is 13.6 Å². The molecule has 0 atom stereocenters. The maximum atomic E-state index is 13.7. The average molecular weight is 499 g/mol. The largest absolute Gasteiger partial charge is 0.354 e. The van der Waals surface area contributed by atoms with E-state index in [4.69, 9.17) is 4.98 Å². The Labute approximate surface area is 214 Å². The second-order valence-electron chi connectivity index (χ2n) is 9.82. The number of rotatable bonds is 6. The zero-order valence-corrected chi connectivity index (χ0v) is 20.4. The summed E-state index contributed by atoms with van der Waals surface area (Å²) in [6, 6.07) is 22.9. The number of nitrogens with one attached hydrogen (secondary N) is 1. The number of piperazine rings is 1. The van der Waals surface area contributed by atoms with Crippen molar-refractivity contribution in [3.8, 4) is 0 Å². The monoisotopic (exact) mass is 498 g/mol. The van der Waals surface area contributed by atoms with E-state index in [-0.39, 0.29) is 29.6 Å². The van der Waals surface area contributed by atoms with Gasteiger partial charge in [0.05, 0.1) is 17.1 Å². The Morgan fingerprint density at radius 1 is 0.838 bits per heavy atom. The molecule has 6 rings (SSSR count). The molecule has 188 valence electrons. The number of hydrogen-bond acceptors (Lipinski definition) is 4. The number of pyridine rings is 1.